The molecule has 0 saturated heterocycles. The topological polar surface area (TPSA) is 111 Å². The number of nitrogens with one attached hydrogen (secondary N) is 1. The molecule has 0 aromatic heterocycles. The maximum Gasteiger partial charge on any atom is 0.301 e. The number of anilines is 1. The van der Waals surface area contributed by atoms with Crippen molar-refractivity contribution in [3.63, 3.8) is 0 Å². The summed E-state index contributed by atoms with van der Waals surface area (Å²) in [4.78, 5) is 20.7. The molecule has 1 aromatic rings. The van der Waals surface area contributed by atoms with Gasteiger partial charge in [-0.2, -0.15) is 5.10 Å². The number of nitro groups is 2. The van der Waals surface area contributed by atoms with Crippen LogP contribution in [0, 0.1) is 26.1 Å². The molecule has 0 aliphatic heterocycles. The summed E-state index contributed by atoms with van der Waals surface area (Å²) >= 11 is 0. The van der Waals surface area contributed by atoms with E-state index < -0.39 is 9.85 Å². The molecule has 0 amide bonds. The summed E-state index contributed by atoms with van der Waals surface area (Å²) in [6.45, 7) is 2.08. The van der Waals surface area contributed by atoms with Crippen LogP contribution in [0.15, 0.2) is 23.3 Å². The van der Waals surface area contributed by atoms with Gasteiger partial charge in [0.25, 0.3) is 5.69 Å². The minimum atomic E-state index is -0.648. The van der Waals surface area contributed by atoms with Crippen LogP contribution in [0.5, 0.6) is 0 Å². The summed E-state index contributed by atoms with van der Waals surface area (Å²) in [5, 5.41) is 26.4. The van der Waals surface area contributed by atoms with Gasteiger partial charge in [-0.3, -0.25) is 25.7 Å². The van der Waals surface area contributed by atoms with Gasteiger partial charge in [0.15, 0.2) is 0 Å². The number of non-ortho nitro benzene ring substituents is 1. The van der Waals surface area contributed by atoms with Crippen molar-refractivity contribution >= 4 is 22.8 Å². The van der Waals surface area contributed by atoms with Gasteiger partial charge in [-0.25, -0.2) is 0 Å². The van der Waals surface area contributed by atoms with Gasteiger partial charge in [-0.05, 0) is 31.2 Å². The third-order valence-corrected chi connectivity index (χ3v) is 4.29. The Labute approximate surface area is 140 Å². The second-order valence-electron chi connectivity index (χ2n) is 6.02. The molecule has 0 heterocycles. The maximum atomic E-state index is 11.2. The van der Waals surface area contributed by atoms with Crippen molar-refractivity contribution in [1.29, 1.82) is 0 Å². The van der Waals surface area contributed by atoms with Crippen molar-refractivity contribution in [2.45, 2.75) is 51.9 Å². The summed E-state index contributed by atoms with van der Waals surface area (Å²) in [7, 11) is 0. The van der Waals surface area contributed by atoms with E-state index in [-0.39, 0.29) is 17.1 Å². The van der Waals surface area contributed by atoms with E-state index in [0.717, 1.165) is 37.5 Å². The molecule has 130 valence electrons. The standard InChI is InChI=1S/C16H22N4O4/c1-2-6-14(12-7-4-3-5-8-12)17-18-15-10-9-13(19(21)22)11-16(15)20(23)24/h9-12,18H,2-8H2,1H3/b17-14+. The SMILES string of the molecule is CCC/C(=N\Nc1ccc([N+](=O)[O-])cc1[N+](=O)[O-])C1CCCCC1. The highest BCUT2D eigenvalue weighted by Crippen LogP contribution is 2.30. The second kappa shape index (κ2) is 8.37. The summed E-state index contributed by atoms with van der Waals surface area (Å²) in [6, 6.07) is 3.53. The third kappa shape index (κ3) is 4.50. The number of rotatable bonds is 7. The van der Waals surface area contributed by atoms with Crippen molar-refractivity contribution in [3.8, 4) is 0 Å². The molecule has 1 aliphatic carbocycles. The van der Waals surface area contributed by atoms with Crippen LogP contribution in [0.1, 0.15) is 51.9 Å². The first-order chi connectivity index (χ1) is 11.5. The number of nitro benzene ring substituents is 2. The lowest BCUT2D eigenvalue weighted by Crippen LogP contribution is -2.19. The summed E-state index contributed by atoms with van der Waals surface area (Å²) < 4.78 is 0. The molecule has 1 saturated carbocycles. The van der Waals surface area contributed by atoms with Crippen LogP contribution in [0.25, 0.3) is 0 Å². The molecule has 1 aliphatic rings. The first kappa shape index (κ1) is 17.8. The zero-order valence-corrected chi connectivity index (χ0v) is 13.7. The maximum absolute atomic E-state index is 11.2. The van der Waals surface area contributed by atoms with E-state index in [4.69, 9.17) is 0 Å². The van der Waals surface area contributed by atoms with Crippen LogP contribution in [0.3, 0.4) is 0 Å². The average Bonchev–Trinajstić information content (AvgIpc) is 2.59. The van der Waals surface area contributed by atoms with E-state index in [1.807, 2.05) is 0 Å². The van der Waals surface area contributed by atoms with Crippen LogP contribution in [0.2, 0.25) is 0 Å². The molecule has 0 atom stereocenters. The molecule has 8 heteroatoms. The third-order valence-electron chi connectivity index (χ3n) is 4.29. The van der Waals surface area contributed by atoms with Crippen molar-refractivity contribution in [2.75, 3.05) is 5.43 Å². The normalized spacial score (nSPS) is 16.0. The smallest absolute Gasteiger partial charge is 0.272 e. The van der Waals surface area contributed by atoms with Gasteiger partial charge in [0.2, 0.25) is 0 Å². The summed E-state index contributed by atoms with van der Waals surface area (Å²) in [6.07, 6.45) is 7.62. The largest absolute Gasteiger partial charge is 0.301 e. The van der Waals surface area contributed by atoms with E-state index in [9.17, 15) is 20.2 Å². The van der Waals surface area contributed by atoms with E-state index >= 15 is 0 Å². The number of hydrogen-bond acceptors (Lipinski definition) is 6. The van der Waals surface area contributed by atoms with Gasteiger partial charge in [0, 0.05) is 11.8 Å². The van der Waals surface area contributed by atoms with E-state index in [1.54, 1.807) is 0 Å². The highest BCUT2D eigenvalue weighted by atomic mass is 16.6. The lowest BCUT2D eigenvalue weighted by atomic mass is 9.84. The van der Waals surface area contributed by atoms with Crippen LogP contribution in [0.4, 0.5) is 17.1 Å². The van der Waals surface area contributed by atoms with Gasteiger partial charge in [0.1, 0.15) is 5.69 Å². The van der Waals surface area contributed by atoms with Crippen LogP contribution >= 0.6 is 0 Å². The van der Waals surface area contributed by atoms with Crippen molar-refractivity contribution in [2.24, 2.45) is 11.0 Å². The van der Waals surface area contributed by atoms with Gasteiger partial charge < -0.3 is 0 Å². The van der Waals surface area contributed by atoms with E-state index in [0.29, 0.717) is 5.92 Å². The highest BCUT2D eigenvalue weighted by molar-refractivity contribution is 5.87. The Morgan fingerprint density at radius 2 is 1.92 bits per heavy atom. The zero-order valence-electron chi connectivity index (χ0n) is 13.7. The molecule has 8 nitrogen and oxygen atoms in total. The molecule has 1 fully saturated rings. The Balaban J connectivity index is 2.23. The minimum absolute atomic E-state index is 0.176. The zero-order chi connectivity index (χ0) is 17.5. The molecular formula is C16H22N4O4. The molecule has 2 rings (SSSR count). The van der Waals surface area contributed by atoms with Crippen molar-refractivity contribution in [3.05, 3.63) is 38.4 Å². The molecule has 1 aromatic carbocycles. The molecule has 1 N–H and O–H groups in total. The Bertz CT molecular complexity index is 639. The Morgan fingerprint density at radius 3 is 2.50 bits per heavy atom. The number of hydrazone groups is 1. The average molecular weight is 334 g/mol. The van der Waals surface area contributed by atoms with Crippen LogP contribution in [-0.4, -0.2) is 15.6 Å². The first-order valence-corrected chi connectivity index (χ1v) is 8.28. The first-order valence-electron chi connectivity index (χ1n) is 8.28. The van der Waals surface area contributed by atoms with Gasteiger partial charge in [-0.15, -0.1) is 0 Å². The van der Waals surface area contributed by atoms with Gasteiger partial charge in [0.05, 0.1) is 15.9 Å². The molecular weight excluding hydrogens is 312 g/mol. The number of hydrogen-bond donors (Lipinski definition) is 1. The lowest BCUT2D eigenvalue weighted by Gasteiger charge is -2.23. The van der Waals surface area contributed by atoms with Crippen LogP contribution in [-0.2, 0) is 0 Å². The molecule has 0 bridgehead atoms. The lowest BCUT2D eigenvalue weighted by molar-refractivity contribution is -0.393. The number of nitrogens with zero attached hydrogens (tertiary/aromatic N) is 3. The predicted octanol–water partition coefficient (Wildman–Crippen LogP) is 4.65. The Morgan fingerprint density at radius 1 is 1.21 bits per heavy atom. The van der Waals surface area contributed by atoms with Crippen molar-refractivity contribution in [1.82, 2.24) is 0 Å². The fourth-order valence-electron chi connectivity index (χ4n) is 3.05. The van der Waals surface area contributed by atoms with Gasteiger partial charge in [-0.1, -0.05) is 32.6 Å². The Kier molecular flexibility index (Phi) is 6.22. The molecule has 0 unspecified atom stereocenters. The molecule has 0 radical (unpaired) electrons. The fourth-order valence-corrected chi connectivity index (χ4v) is 3.05. The second-order valence-corrected chi connectivity index (χ2v) is 6.02. The molecule has 24 heavy (non-hydrogen) atoms. The van der Waals surface area contributed by atoms with E-state index in [2.05, 4.69) is 17.5 Å². The van der Waals surface area contributed by atoms with Gasteiger partial charge >= 0.3 is 5.69 Å². The van der Waals surface area contributed by atoms with E-state index in [1.165, 1.54) is 31.4 Å². The van der Waals surface area contributed by atoms with Crippen LogP contribution < -0.4 is 5.43 Å². The Hall–Kier alpha value is -2.51. The molecule has 0 spiro atoms. The highest BCUT2D eigenvalue weighted by Gasteiger charge is 2.21. The summed E-state index contributed by atoms with van der Waals surface area (Å²) in [5.41, 5.74) is 3.33. The number of benzene rings is 1. The monoisotopic (exact) mass is 334 g/mol. The quantitative estimate of drug-likeness (QED) is 0.443. The predicted molar refractivity (Wildman–Crippen MR) is 92.3 cm³/mol. The van der Waals surface area contributed by atoms with Crippen molar-refractivity contribution < 1.29 is 9.85 Å². The fraction of sp³-hybridized carbons (Fsp3) is 0.562. The summed E-state index contributed by atoms with van der Waals surface area (Å²) in [5.74, 6) is 0.420. The minimum Gasteiger partial charge on any atom is -0.272 e.